The first-order chi connectivity index (χ1) is 9.38. The topological polar surface area (TPSA) is 69.6 Å². The first kappa shape index (κ1) is 14.4. The molecule has 0 aromatic heterocycles. The number of benzene rings is 1. The van der Waals surface area contributed by atoms with Gasteiger partial charge in [0, 0.05) is 18.8 Å². The minimum atomic E-state index is -0.834. The number of amides is 2. The predicted octanol–water partition coefficient (Wildman–Crippen LogP) is 2.49. The fourth-order valence-electron chi connectivity index (χ4n) is 2.48. The Morgan fingerprint density at radius 3 is 2.50 bits per heavy atom. The Kier molecular flexibility index (Phi) is 3.97. The van der Waals surface area contributed by atoms with Gasteiger partial charge in [0.15, 0.2) is 0 Å². The largest absolute Gasteiger partial charge is 0.481 e. The molecule has 2 atom stereocenters. The van der Waals surface area contributed by atoms with Gasteiger partial charge in [-0.05, 0) is 43.0 Å². The fourth-order valence-corrected chi connectivity index (χ4v) is 2.48. The Labute approximate surface area is 118 Å². The molecule has 1 aliphatic heterocycles. The van der Waals surface area contributed by atoms with E-state index in [0.29, 0.717) is 6.54 Å². The quantitative estimate of drug-likeness (QED) is 0.872. The van der Waals surface area contributed by atoms with E-state index in [0.717, 1.165) is 11.3 Å². The summed E-state index contributed by atoms with van der Waals surface area (Å²) in [6.45, 7) is 6.62. The minimum absolute atomic E-state index is 0.0157. The number of hydrogen-bond donors (Lipinski definition) is 2. The zero-order chi connectivity index (χ0) is 14.9. The van der Waals surface area contributed by atoms with Crippen molar-refractivity contribution in [2.45, 2.75) is 20.8 Å². The van der Waals surface area contributed by atoms with E-state index in [1.165, 1.54) is 5.56 Å². The van der Waals surface area contributed by atoms with Gasteiger partial charge in [-0.15, -0.1) is 0 Å². The summed E-state index contributed by atoms with van der Waals surface area (Å²) in [5.74, 6) is -1.32. The lowest BCUT2D eigenvalue weighted by atomic mass is 9.99. The van der Waals surface area contributed by atoms with E-state index in [9.17, 15) is 9.59 Å². The van der Waals surface area contributed by atoms with Crippen molar-refractivity contribution in [3.8, 4) is 0 Å². The number of rotatable bonds is 2. The van der Waals surface area contributed by atoms with Crippen LogP contribution in [0.4, 0.5) is 10.5 Å². The first-order valence-corrected chi connectivity index (χ1v) is 6.74. The number of carbonyl (C=O) groups is 2. The van der Waals surface area contributed by atoms with E-state index in [-0.39, 0.29) is 18.5 Å². The van der Waals surface area contributed by atoms with E-state index in [4.69, 9.17) is 5.11 Å². The molecule has 20 heavy (non-hydrogen) atoms. The van der Waals surface area contributed by atoms with Crippen molar-refractivity contribution in [2.75, 3.05) is 18.4 Å². The Hall–Kier alpha value is -2.04. The summed E-state index contributed by atoms with van der Waals surface area (Å²) in [5, 5.41) is 11.9. The van der Waals surface area contributed by atoms with Crippen LogP contribution in [-0.4, -0.2) is 35.1 Å². The third-order valence-corrected chi connectivity index (χ3v) is 3.97. The Morgan fingerprint density at radius 2 is 1.95 bits per heavy atom. The second-order valence-electron chi connectivity index (χ2n) is 5.56. The molecule has 1 heterocycles. The Bertz CT molecular complexity index is 542. The van der Waals surface area contributed by atoms with E-state index < -0.39 is 11.9 Å². The molecule has 2 rings (SSSR count). The summed E-state index contributed by atoms with van der Waals surface area (Å²) < 4.78 is 0. The Morgan fingerprint density at radius 1 is 1.25 bits per heavy atom. The van der Waals surface area contributed by atoms with Crippen LogP contribution in [0.1, 0.15) is 18.1 Å². The molecule has 1 fully saturated rings. The van der Waals surface area contributed by atoms with Crippen molar-refractivity contribution in [3.05, 3.63) is 29.3 Å². The molecule has 0 aliphatic carbocycles. The van der Waals surface area contributed by atoms with Crippen molar-refractivity contribution in [3.63, 3.8) is 0 Å². The number of carboxylic acids is 1. The number of nitrogens with one attached hydrogen (secondary N) is 1. The maximum atomic E-state index is 12.1. The zero-order valence-electron chi connectivity index (χ0n) is 12.0. The summed E-state index contributed by atoms with van der Waals surface area (Å²) in [7, 11) is 0. The molecule has 0 bridgehead atoms. The highest BCUT2D eigenvalue weighted by atomic mass is 16.4. The van der Waals surface area contributed by atoms with Crippen LogP contribution in [0.3, 0.4) is 0 Å². The first-order valence-electron chi connectivity index (χ1n) is 6.74. The standard InChI is InChI=1S/C15H20N2O3/c1-9-4-5-12(6-10(9)2)16-15(20)17-7-11(3)13(8-17)14(18)19/h4-6,11,13H,7-8H2,1-3H3,(H,16,20)(H,18,19)/t11-,13-/m1/s1. The van der Waals surface area contributed by atoms with Gasteiger partial charge in [-0.1, -0.05) is 13.0 Å². The van der Waals surface area contributed by atoms with Gasteiger partial charge in [-0.3, -0.25) is 4.79 Å². The Balaban J connectivity index is 2.02. The van der Waals surface area contributed by atoms with Gasteiger partial charge in [-0.2, -0.15) is 0 Å². The van der Waals surface area contributed by atoms with Crippen LogP contribution in [0.2, 0.25) is 0 Å². The highest BCUT2D eigenvalue weighted by molar-refractivity contribution is 5.90. The van der Waals surface area contributed by atoms with Crippen LogP contribution in [0.15, 0.2) is 18.2 Å². The van der Waals surface area contributed by atoms with Crippen LogP contribution in [-0.2, 0) is 4.79 Å². The van der Waals surface area contributed by atoms with E-state index >= 15 is 0 Å². The highest BCUT2D eigenvalue weighted by Gasteiger charge is 2.36. The average Bonchev–Trinajstić information content (AvgIpc) is 2.76. The SMILES string of the molecule is Cc1ccc(NC(=O)N2C[C@@H](C)[C@H](C(=O)O)C2)cc1C. The molecule has 2 N–H and O–H groups in total. The van der Waals surface area contributed by atoms with Crippen LogP contribution in [0.25, 0.3) is 0 Å². The maximum absolute atomic E-state index is 12.1. The van der Waals surface area contributed by atoms with Gasteiger partial charge in [0.2, 0.25) is 0 Å². The number of hydrogen-bond acceptors (Lipinski definition) is 2. The number of urea groups is 1. The molecule has 1 saturated heterocycles. The molecule has 0 saturated carbocycles. The van der Waals surface area contributed by atoms with Crippen molar-refractivity contribution in [1.29, 1.82) is 0 Å². The number of aryl methyl sites for hydroxylation is 2. The van der Waals surface area contributed by atoms with Crippen molar-refractivity contribution in [2.24, 2.45) is 11.8 Å². The van der Waals surface area contributed by atoms with Crippen molar-refractivity contribution in [1.82, 2.24) is 4.90 Å². The summed E-state index contributed by atoms with van der Waals surface area (Å²) in [4.78, 5) is 24.8. The van der Waals surface area contributed by atoms with Gasteiger partial charge in [0.25, 0.3) is 0 Å². The monoisotopic (exact) mass is 276 g/mol. The van der Waals surface area contributed by atoms with Crippen LogP contribution in [0, 0.1) is 25.7 Å². The van der Waals surface area contributed by atoms with Gasteiger partial charge < -0.3 is 15.3 Å². The number of anilines is 1. The molecular weight excluding hydrogens is 256 g/mol. The van der Waals surface area contributed by atoms with Crippen LogP contribution in [0.5, 0.6) is 0 Å². The van der Waals surface area contributed by atoms with Gasteiger partial charge >= 0.3 is 12.0 Å². The second-order valence-corrected chi connectivity index (χ2v) is 5.56. The molecule has 108 valence electrons. The molecule has 1 aromatic carbocycles. The lowest BCUT2D eigenvalue weighted by molar-refractivity contribution is -0.142. The normalized spacial score (nSPS) is 21.9. The third-order valence-electron chi connectivity index (χ3n) is 3.97. The average molecular weight is 276 g/mol. The number of carboxylic acid groups (broad SMARTS) is 1. The highest BCUT2D eigenvalue weighted by Crippen LogP contribution is 2.24. The van der Waals surface area contributed by atoms with Gasteiger partial charge in [0.1, 0.15) is 0 Å². The van der Waals surface area contributed by atoms with Gasteiger partial charge in [0.05, 0.1) is 5.92 Å². The lowest BCUT2D eigenvalue weighted by Crippen LogP contribution is -2.33. The lowest BCUT2D eigenvalue weighted by Gasteiger charge is -2.17. The van der Waals surface area contributed by atoms with E-state index in [1.54, 1.807) is 4.90 Å². The summed E-state index contributed by atoms with van der Waals surface area (Å²) >= 11 is 0. The molecule has 0 radical (unpaired) electrons. The number of aliphatic carboxylic acids is 1. The summed E-state index contributed by atoms with van der Waals surface area (Å²) in [6, 6.07) is 5.50. The van der Waals surface area contributed by atoms with Crippen molar-refractivity contribution >= 4 is 17.7 Å². The summed E-state index contributed by atoms with van der Waals surface area (Å²) in [6.07, 6.45) is 0. The molecular formula is C15H20N2O3. The smallest absolute Gasteiger partial charge is 0.321 e. The second kappa shape index (κ2) is 5.53. The molecule has 0 spiro atoms. The molecule has 5 nitrogen and oxygen atoms in total. The minimum Gasteiger partial charge on any atom is -0.481 e. The third kappa shape index (κ3) is 2.92. The number of likely N-dealkylation sites (tertiary alicyclic amines) is 1. The molecule has 1 aromatic rings. The predicted molar refractivity (Wildman–Crippen MR) is 76.8 cm³/mol. The summed E-state index contributed by atoms with van der Waals surface area (Å²) in [5.41, 5.74) is 3.02. The molecule has 5 heteroatoms. The van der Waals surface area contributed by atoms with E-state index in [2.05, 4.69) is 5.32 Å². The molecule has 0 unspecified atom stereocenters. The fraction of sp³-hybridized carbons (Fsp3) is 0.467. The molecule has 1 aliphatic rings. The van der Waals surface area contributed by atoms with Crippen molar-refractivity contribution < 1.29 is 14.7 Å². The van der Waals surface area contributed by atoms with E-state index in [1.807, 2.05) is 39.0 Å². The maximum Gasteiger partial charge on any atom is 0.321 e. The molecule has 2 amide bonds. The number of nitrogens with zero attached hydrogens (tertiary/aromatic N) is 1. The van der Waals surface area contributed by atoms with Gasteiger partial charge in [-0.25, -0.2) is 4.79 Å². The zero-order valence-corrected chi connectivity index (χ0v) is 12.0. The van der Waals surface area contributed by atoms with Crippen LogP contribution < -0.4 is 5.32 Å². The number of carbonyl (C=O) groups excluding carboxylic acids is 1. The van der Waals surface area contributed by atoms with Crippen LogP contribution >= 0.6 is 0 Å².